The van der Waals surface area contributed by atoms with Gasteiger partial charge >= 0.3 is 0 Å². The van der Waals surface area contributed by atoms with Crippen LogP contribution >= 0.6 is 0 Å². The highest BCUT2D eigenvalue weighted by atomic mass is 14.4. The Labute approximate surface area is 183 Å². The Bertz CT molecular complexity index is 439. The zero-order valence-electron chi connectivity index (χ0n) is 20.2. The molecule has 0 aromatic carbocycles. The van der Waals surface area contributed by atoms with E-state index in [1.165, 1.54) is 57.8 Å². The average molecular weight is 401 g/mol. The molecule has 0 nitrogen and oxygen atoms in total. The van der Waals surface area contributed by atoms with E-state index in [4.69, 9.17) is 0 Å². The van der Waals surface area contributed by atoms with Gasteiger partial charge in [0.25, 0.3) is 0 Å². The van der Waals surface area contributed by atoms with Gasteiger partial charge in [-0.1, -0.05) is 64.5 Å². The van der Waals surface area contributed by atoms with Gasteiger partial charge in [-0.25, -0.2) is 0 Å². The van der Waals surface area contributed by atoms with Crippen LogP contribution in [0.3, 0.4) is 0 Å². The third kappa shape index (κ3) is 7.43. The SMILES string of the molecule is CC=CC1CCC(C[C@@H](C)C2CCC(C3CCC(CCCCC)CC3)CC2)CC1. The van der Waals surface area contributed by atoms with E-state index in [1.54, 1.807) is 51.4 Å². The van der Waals surface area contributed by atoms with Gasteiger partial charge < -0.3 is 0 Å². The first-order chi connectivity index (χ1) is 14.2. The van der Waals surface area contributed by atoms with E-state index in [-0.39, 0.29) is 0 Å². The highest BCUT2D eigenvalue weighted by Gasteiger charge is 2.33. The van der Waals surface area contributed by atoms with Gasteiger partial charge in [-0.3, -0.25) is 0 Å². The first-order valence-corrected chi connectivity index (χ1v) is 13.8. The largest absolute Gasteiger partial charge is 0.0914 e. The van der Waals surface area contributed by atoms with Crippen LogP contribution in [0.15, 0.2) is 12.2 Å². The molecular formula is C29H52. The maximum Gasteiger partial charge on any atom is -0.0233 e. The molecule has 0 bridgehead atoms. The van der Waals surface area contributed by atoms with Crippen molar-refractivity contribution in [3.63, 3.8) is 0 Å². The van der Waals surface area contributed by atoms with Crippen molar-refractivity contribution in [2.24, 2.45) is 41.4 Å². The lowest BCUT2D eigenvalue weighted by molar-refractivity contribution is 0.116. The van der Waals surface area contributed by atoms with E-state index in [0.29, 0.717) is 0 Å². The molecule has 168 valence electrons. The standard InChI is InChI=1S/C29H52/c1-4-6-7-9-25-14-16-28(17-15-25)29-20-18-27(19-21-29)23(3)22-26-12-10-24(8-5-2)11-13-26/h5,8,23-29H,4,6-7,9-22H2,1-3H3/t23-,24?,25?,26?,27?,28?,29?/m1/s1. The summed E-state index contributed by atoms with van der Waals surface area (Å²) in [5, 5.41) is 0. The molecule has 3 aliphatic rings. The van der Waals surface area contributed by atoms with Crippen molar-refractivity contribution >= 4 is 0 Å². The Hall–Kier alpha value is -0.260. The Kier molecular flexibility index (Phi) is 10.1. The van der Waals surface area contributed by atoms with E-state index in [2.05, 4.69) is 32.9 Å². The molecule has 3 saturated carbocycles. The minimum atomic E-state index is 0.892. The molecule has 0 saturated heterocycles. The summed E-state index contributed by atoms with van der Waals surface area (Å²) in [5.74, 6) is 7.22. The van der Waals surface area contributed by atoms with Crippen LogP contribution in [0.4, 0.5) is 0 Å². The van der Waals surface area contributed by atoms with Gasteiger partial charge in [0.05, 0.1) is 0 Å². The van der Waals surface area contributed by atoms with E-state index < -0.39 is 0 Å². The molecule has 0 amide bonds. The van der Waals surface area contributed by atoms with Crippen LogP contribution in [0.2, 0.25) is 0 Å². The summed E-state index contributed by atoms with van der Waals surface area (Å²) in [6, 6.07) is 0. The van der Waals surface area contributed by atoms with Crippen LogP contribution in [0, 0.1) is 41.4 Å². The van der Waals surface area contributed by atoms with Crippen LogP contribution < -0.4 is 0 Å². The van der Waals surface area contributed by atoms with Gasteiger partial charge in [-0.05, 0) is 119 Å². The first-order valence-electron chi connectivity index (χ1n) is 13.8. The summed E-state index contributed by atoms with van der Waals surface area (Å²) >= 11 is 0. The van der Waals surface area contributed by atoms with Crippen LogP contribution in [0.5, 0.6) is 0 Å². The fourth-order valence-corrected chi connectivity index (χ4v) is 7.42. The van der Waals surface area contributed by atoms with Crippen LogP contribution in [0.25, 0.3) is 0 Å². The number of rotatable bonds is 9. The molecule has 0 aliphatic heterocycles. The lowest BCUT2D eigenvalue weighted by Gasteiger charge is -2.40. The molecule has 0 heterocycles. The highest BCUT2D eigenvalue weighted by Crippen LogP contribution is 2.45. The minimum Gasteiger partial charge on any atom is -0.0914 e. The summed E-state index contributed by atoms with van der Waals surface area (Å²) in [6.45, 7) is 7.12. The molecule has 0 unspecified atom stereocenters. The van der Waals surface area contributed by atoms with Gasteiger partial charge in [0.2, 0.25) is 0 Å². The first kappa shape index (κ1) is 23.4. The smallest absolute Gasteiger partial charge is 0.0233 e. The summed E-state index contributed by atoms with van der Waals surface area (Å²) in [7, 11) is 0. The predicted molar refractivity (Wildman–Crippen MR) is 129 cm³/mol. The van der Waals surface area contributed by atoms with Crippen molar-refractivity contribution in [1.82, 2.24) is 0 Å². The summed E-state index contributed by atoms with van der Waals surface area (Å²) in [5.41, 5.74) is 0. The van der Waals surface area contributed by atoms with Gasteiger partial charge in [-0.2, -0.15) is 0 Å². The Balaban J connectivity index is 1.31. The molecule has 3 fully saturated rings. The quantitative estimate of drug-likeness (QED) is 0.267. The lowest BCUT2D eigenvalue weighted by Crippen LogP contribution is -2.28. The zero-order valence-corrected chi connectivity index (χ0v) is 20.2. The van der Waals surface area contributed by atoms with Crippen LogP contribution in [-0.2, 0) is 0 Å². The minimum absolute atomic E-state index is 0.892. The van der Waals surface area contributed by atoms with Crippen molar-refractivity contribution in [2.75, 3.05) is 0 Å². The van der Waals surface area contributed by atoms with E-state index in [1.807, 2.05) is 0 Å². The predicted octanol–water partition coefficient (Wildman–Crippen LogP) is 9.59. The summed E-state index contributed by atoms with van der Waals surface area (Å²) in [6.07, 6.45) is 30.5. The summed E-state index contributed by atoms with van der Waals surface area (Å²) in [4.78, 5) is 0. The fourth-order valence-electron chi connectivity index (χ4n) is 7.42. The molecule has 0 radical (unpaired) electrons. The second-order valence-corrected chi connectivity index (χ2v) is 11.5. The van der Waals surface area contributed by atoms with Crippen molar-refractivity contribution in [3.05, 3.63) is 12.2 Å². The molecule has 3 rings (SSSR count). The van der Waals surface area contributed by atoms with Crippen molar-refractivity contribution in [3.8, 4) is 0 Å². The molecule has 0 N–H and O–H groups in total. The molecule has 29 heavy (non-hydrogen) atoms. The number of unbranched alkanes of at least 4 members (excludes halogenated alkanes) is 2. The van der Waals surface area contributed by atoms with Crippen LogP contribution in [-0.4, -0.2) is 0 Å². The third-order valence-electron chi connectivity index (χ3n) is 9.46. The van der Waals surface area contributed by atoms with E-state index in [9.17, 15) is 0 Å². The molecular weight excluding hydrogens is 348 g/mol. The Morgan fingerprint density at radius 2 is 1.31 bits per heavy atom. The number of allylic oxidation sites excluding steroid dienone is 2. The number of hydrogen-bond donors (Lipinski definition) is 0. The van der Waals surface area contributed by atoms with E-state index >= 15 is 0 Å². The van der Waals surface area contributed by atoms with Gasteiger partial charge in [0.15, 0.2) is 0 Å². The van der Waals surface area contributed by atoms with Crippen LogP contribution in [0.1, 0.15) is 130 Å². The Morgan fingerprint density at radius 1 is 0.724 bits per heavy atom. The lowest BCUT2D eigenvalue weighted by atomic mass is 9.66. The van der Waals surface area contributed by atoms with Crippen molar-refractivity contribution in [2.45, 2.75) is 130 Å². The second-order valence-electron chi connectivity index (χ2n) is 11.5. The van der Waals surface area contributed by atoms with Gasteiger partial charge in [0.1, 0.15) is 0 Å². The fraction of sp³-hybridized carbons (Fsp3) is 0.931. The summed E-state index contributed by atoms with van der Waals surface area (Å²) < 4.78 is 0. The molecule has 0 aromatic heterocycles. The monoisotopic (exact) mass is 400 g/mol. The van der Waals surface area contributed by atoms with E-state index in [0.717, 1.165) is 41.4 Å². The van der Waals surface area contributed by atoms with Crippen molar-refractivity contribution < 1.29 is 0 Å². The third-order valence-corrected chi connectivity index (χ3v) is 9.46. The maximum atomic E-state index is 2.60. The molecule has 0 spiro atoms. The molecule has 0 heteroatoms. The molecule has 3 aliphatic carbocycles. The topological polar surface area (TPSA) is 0 Å². The Morgan fingerprint density at radius 3 is 1.90 bits per heavy atom. The van der Waals surface area contributed by atoms with Crippen molar-refractivity contribution in [1.29, 1.82) is 0 Å². The number of hydrogen-bond acceptors (Lipinski definition) is 0. The second kappa shape index (κ2) is 12.6. The maximum absolute atomic E-state index is 2.60. The van der Waals surface area contributed by atoms with Gasteiger partial charge in [0, 0.05) is 0 Å². The average Bonchev–Trinajstić information content (AvgIpc) is 2.76. The normalized spacial score (nSPS) is 37.6. The zero-order chi connectivity index (χ0) is 20.5. The molecule has 0 aromatic rings. The van der Waals surface area contributed by atoms with Gasteiger partial charge in [-0.15, -0.1) is 0 Å². The molecule has 1 atom stereocenters. The highest BCUT2D eigenvalue weighted by molar-refractivity contribution is 4.90.